The van der Waals surface area contributed by atoms with Gasteiger partial charge in [0.05, 0.1) is 30.3 Å². The van der Waals surface area contributed by atoms with E-state index in [2.05, 4.69) is 20.9 Å². The number of rotatable bonds is 8. The average molecular weight is 603 g/mol. The molecule has 0 spiro atoms. The number of hydrogen-bond acceptors (Lipinski definition) is 6. The zero-order valence-electron chi connectivity index (χ0n) is 18.5. The summed E-state index contributed by atoms with van der Waals surface area (Å²) in [6, 6.07) is 12.0. The number of anilines is 2. The zero-order chi connectivity index (χ0) is 25.5. The third kappa shape index (κ3) is 5.00. The Morgan fingerprint density at radius 3 is 2.37 bits per heavy atom. The molecule has 0 aliphatic carbocycles. The highest BCUT2D eigenvalue weighted by molar-refractivity contribution is 9.10. The molecule has 1 aliphatic rings. The van der Waals surface area contributed by atoms with E-state index in [0.29, 0.717) is 15.7 Å². The second-order valence-electron chi connectivity index (χ2n) is 8.52. The van der Waals surface area contributed by atoms with E-state index in [1.165, 1.54) is 21.7 Å². The number of benzene rings is 2. The molecule has 1 amide bonds. The lowest BCUT2D eigenvalue weighted by atomic mass is 9.92. The molecule has 2 N–H and O–H groups in total. The van der Waals surface area contributed by atoms with Gasteiger partial charge >= 0.3 is 0 Å². The number of halogens is 3. The molecule has 35 heavy (non-hydrogen) atoms. The molecule has 1 aliphatic heterocycles. The summed E-state index contributed by atoms with van der Waals surface area (Å²) in [5.41, 5.74) is -0.167. The molecule has 0 saturated heterocycles. The van der Waals surface area contributed by atoms with Crippen LogP contribution in [0, 0.1) is 0 Å². The maximum atomic E-state index is 13.9. The minimum absolute atomic E-state index is 0.120. The molecule has 0 unspecified atom stereocenters. The maximum Gasteiger partial charge on any atom is 0.260 e. The van der Waals surface area contributed by atoms with Crippen LogP contribution >= 0.6 is 39.1 Å². The van der Waals surface area contributed by atoms with Gasteiger partial charge < -0.3 is 10.2 Å². The van der Waals surface area contributed by atoms with Crippen molar-refractivity contribution in [1.29, 1.82) is 0 Å². The molecule has 186 valence electrons. The zero-order valence-corrected chi connectivity index (χ0v) is 22.4. The molecule has 0 bridgehead atoms. The molecule has 1 aromatic heterocycles. The summed E-state index contributed by atoms with van der Waals surface area (Å²) in [6.07, 6.45) is 0.0625. The van der Waals surface area contributed by atoms with Crippen molar-refractivity contribution in [2.24, 2.45) is 0 Å². The van der Waals surface area contributed by atoms with E-state index in [9.17, 15) is 18.3 Å². The Bertz CT molecular complexity index is 1360. The van der Waals surface area contributed by atoms with Gasteiger partial charge in [0.25, 0.3) is 5.91 Å². The van der Waals surface area contributed by atoms with Gasteiger partial charge in [0.1, 0.15) is 5.54 Å². The number of carbonyl (C=O) groups excluding carboxylic acids is 1. The second-order valence-corrected chi connectivity index (χ2v) is 12.4. The van der Waals surface area contributed by atoms with E-state index < -0.39 is 39.7 Å². The molecule has 0 fully saturated rings. The summed E-state index contributed by atoms with van der Waals surface area (Å²) in [5.74, 6) is -0.700. The largest absolute Gasteiger partial charge is 0.394 e. The fourth-order valence-electron chi connectivity index (χ4n) is 4.14. The number of aromatic nitrogens is 2. The van der Waals surface area contributed by atoms with E-state index >= 15 is 0 Å². The van der Waals surface area contributed by atoms with Gasteiger partial charge in [0.2, 0.25) is 5.95 Å². The van der Waals surface area contributed by atoms with Gasteiger partial charge in [-0.2, -0.15) is 0 Å². The maximum absolute atomic E-state index is 13.9. The van der Waals surface area contributed by atoms with Crippen LogP contribution in [0.2, 0.25) is 10.0 Å². The molecule has 2 atom stereocenters. The lowest BCUT2D eigenvalue weighted by Crippen LogP contribution is -2.42. The number of fused-ring (bicyclic) bond motifs is 1. The third-order valence-corrected chi connectivity index (χ3v) is 8.55. The van der Waals surface area contributed by atoms with Gasteiger partial charge in [-0.3, -0.25) is 9.36 Å². The first kappa shape index (κ1) is 26.1. The van der Waals surface area contributed by atoms with E-state index in [-0.39, 0.29) is 23.8 Å². The summed E-state index contributed by atoms with van der Waals surface area (Å²) in [7, 11) is -3.97. The minimum atomic E-state index is -3.97. The Balaban J connectivity index is 1.86. The molecule has 12 heteroatoms. The Morgan fingerprint density at radius 2 is 1.77 bits per heavy atom. The molecule has 3 aromatic rings. The Morgan fingerprint density at radius 1 is 1.14 bits per heavy atom. The lowest BCUT2D eigenvalue weighted by molar-refractivity contribution is -0.124. The first-order valence-electron chi connectivity index (χ1n) is 10.6. The van der Waals surface area contributed by atoms with E-state index in [1.807, 2.05) is 24.3 Å². The highest BCUT2D eigenvalue weighted by atomic mass is 79.9. The van der Waals surface area contributed by atoms with Crippen LogP contribution in [0.25, 0.3) is 0 Å². The van der Waals surface area contributed by atoms with Crippen molar-refractivity contribution in [3.8, 4) is 0 Å². The van der Waals surface area contributed by atoms with Crippen LogP contribution < -0.4 is 4.90 Å². The van der Waals surface area contributed by atoms with E-state index in [0.717, 1.165) is 10.0 Å². The van der Waals surface area contributed by atoms with E-state index in [4.69, 9.17) is 28.3 Å². The predicted octanol–water partition coefficient (Wildman–Crippen LogP) is 4.11. The number of imidazole rings is 1. The molecule has 8 nitrogen and oxygen atoms in total. The number of amides is 1. The van der Waals surface area contributed by atoms with Gasteiger partial charge in [-0.1, -0.05) is 51.3 Å². The van der Waals surface area contributed by atoms with Crippen molar-refractivity contribution in [3.05, 3.63) is 68.7 Å². The average Bonchev–Trinajstić information content (AvgIpc) is 3.32. The molecule has 2 aromatic carbocycles. The summed E-state index contributed by atoms with van der Waals surface area (Å²) in [4.78, 5) is 19.6. The monoisotopic (exact) mass is 601 g/mol. The fourth-order valence-corrected chi connectivity index (χ4v) is 6.48. The van der Waals surface area contributed by atoms with Crippen LogP contribution in [0.3, 0.4) is 0 Å². The summed E-state index contributed by atoms with van der Waals surface area (Å²) < 4.78 is 28.9. The van der Waals surface area contributed by atoms with Gasteiger partial charge in [-0.25, -0.2) is 18.3 Å². The number of sulfone groups is 1. The van der Waals surface area contributed by atoms with Crippen LogP contribution in [-0.4, -0.2) is 52.6 Å². The molecule has 2 heterocycles. The van der Waals surface area contributed by atoms with Crippen molar-refractivity contribution < 1.29 is 23.4 Å². The molecular formula is C23H22BrCl2N3O5S. The highest BCUT2D eigenvalue weighted by Crippen LogP contribution is 2.44. The lowest BCUT2D eigenvalue weighted by Gasteiger charge is -2.26. The van der Waals surface area contributed by atoms with E-state index in [1.54, 1.807) is 19.1 Å². The molecule has 0 saturated carbocycles. The van der Waals surface area contributed by atoms with Crippen molar-refractivity contribution >= 4 is 66.5 Å². The van der Waals surface area contributed by atoms with Crippen molar-refractivity contribution in [2.75, 3.05) is 17.3 Å². The quantitative estimate of drug-likeness (QED) is 0.401. The van der Waals surface area contributed by atoms with Crippen LogP contribution in [0.4, 0.5) is 11.6 Å². The smallest absolute Gasteiger partial charge is 0.260 e. The number of carbonyl (C=O) groups is 1. The van der Waals surface area contributed by atoms with Crippen LogP contribution in [-0.2, 0) is 26.6 Å². The Kier molecular flexibility index (Phi) is 7.34. The first-order chi connectivity index (χ1) is 16.5. The van der Waals surface area contributed by atoms with Gasteiger partial charge in [-0.05, 0) is 49.2 Å². The number of aliphatic hydroxyl groups excluding tert-OH is 2. The van der Waals surface area contributed by atoms with Crippen molar-refractivity contribution in [3.63, 3.8) is 0 Å². The second kappa shape index (κ2) is 9.84. The van der Waals surface area contributed by atoms with Crippen molar-refractivity contribution in [2.45, 2.75) is 36.4 Å². The van der Waals surface area contributed by atoms with Crippen LogP contribution in [0.1, 0.15) is 18.9 Å². The summed E-state index contributed by atoms with van der Waals surface area (Å²) >= 11 is 15.8. The number of aliphatic hydroxyl groups is 2. The first-order valence-corrected chi connectivity index (χ1v) is 13.8. The Hall–Kier alpha value is -1.95. The van der Waals surface area contributed by atoms with Crippen LogP contribution in [0.15, 0.2) is 58.2 Å². The topological polar surface area (TPSA) is 113 Å². The highest BCUT2D eigenvalue weighted by Gasteiger charge is 2.51. The van der Waals surface area contributed by atoms with Gasteiger partial charge in [0, 0.05) is 20.9 Å². The third-order valence-electron chi connectivity index (χ3n) is 5.88. The van der Waals surface area contributed by atoms with Gasteiger partial charge in [0.15, 0.2) is 14.9 Å². The summed E-state index contributed by atoms with van der Waals surface area (Å²) in [6.45, 7) is 1.11. The summed E-state index contributed by atoms with van der Waals surface area (Å²) in [5, 5.41) is 19.2. The molecule has 4 rings (SSSR count). The molecule has 0 radical (unpaired) electrons. The minimum Gasteiger partial charge on any atom is -0.394 e. The van der Waals surface area contributed by atoms with Gasteiger partial charge in [-0.15, -0.1) is 0 Å². The number of nitrogens with zero attached hydrogens (tertiary/aromatic N) is 3. The normalized spacial score (nSPS) is 18.7. The standard InChI is InChI=1S/C23H22BrCl2N3O5S/c1-23(11-14-2-4-15(24)5-3-14)21(32)28(18-9-16(25)8-17(26)10-18)22-27-12-20(29(22)23)35(33,34)7-6-19(31)13-30/h2-5,8-10,12,19,30-31H,6-7,11,13H2,1H3/t19-,23+/m0/s1. The number of hydrogen-bond donors (Lipinski definition) is 2. The van der Waals surface area contributed by atoms with Crippen molar-refractivity contribution in [1.82, 2.24) is 9.55 Å². The van der Waals surface area contributed by atoms with Crippen LogP contribution in [0.5, 0.6) is 0 Å². The SMILES string of the molecule is C[C@@]1(Cc2ccc(Br)cc2)C(=O)N(c2cc(Cl)cc(Cl)c2)c2ncc(S(=O)(=O)CC[C@H](O)CO)n21. The molecular weight excluding hydrogens is 581 g/mol. The fraction of sp³-hybridized carbons (Fsp3) is 0.304. The Labute approximate surface area is 221 Å². The predicted molar refractivity (Wildman–Crippen MR) is 137 cm³/mol.